The fourth-order valence-corrected chi connectivity index (χ4v) is 1.84. The van der Waals surface area contributed by atoms with E-state index in [4.69, 9.17) is 0 Å². The molecule has 0 saturated carbocycles. The van der Waals surface area contributed by atoms with E-state index in [1.165, 1.54) is 38.5 Å². The second kappa shape index (κ2) is 12.5. The van der Waals surface area contributed by atoms with E-state index in [1.54, 1.807) is 13.3 Å². The summed E-state index contributed by atoms with van der Waals surface area (Å²) in [5.41, 5.74) is 0.630. The molecule has 0 N–H and O–H groups in total. The van der Waals surface area contributed by atoms with Gasteiger partial charge in [-0.1, -0.05) is 51.5 Å². The molecule has 0 aliphatic heterocycles. The summed E-state index contributed by atoms with van der Waals surface area (Å²) in [5.74, 6) is 0.0881. The van der Waals surface area contributed by atoms with Crippen molar-refractivity contribution in [3.63, 3.8) is 0 Å². The lowest BCUT2D eigenvalue weighted by atomic mass is 10.0. The van der Waals surface area contributed by atoms with Crippen molar-refractivity contribution in [2.75, 3.05) is 0 Å². The third-order valence-corrected chi connectivity index (χ3v) is 3.03. The lowest BCUT2D eigenvalue weighted by Gasteiger charge is -2.02. The molecule has 1 radical (unpaired) electrons. The molecule has 0 aromatic heterocycles. The summed E-state index contributed by atoms with van der Waals surface area (Å²) in [6.45, 7) is 5.38. The Hall–Kier alpha value is -0.920. The molecule has 2 nitrogen and oxygen atoms in total. The summed E-state index contributed by atoms with van der Waals surface area (Å²) >= 11 is 0. The number of unbranched alkanes of at least 4 members (excludes halogenated alkanes) is 9. The number of allylic oxidation sites excluding steroid dienone is 1. The number of ketones is 1. The molecule has 0 aromatic rings. The lowest BCUT2D eigenvalue weighted by Crippen LogP contribution is -1.98. The van der Waals surface area contributed by atoms with Crippen molar-refractivity contribution in [3.05, 3.63) is 18.6 Å². The summed E-state index contributed by atoms with van der Waals surface area (Å²) in [6.07, 6.45) is 13.9. The first-order valence-corrected chi connectivity index (χ1v) is 7.15. The van der Waals surface area contributed by atoms with Gasteiger partial charge in [0.25, 0.3) is 0 Å². The number of carbonyl (C=O) groups is 2. The number of hydrogen-bond donors (Lipinski definition) is 0. The number of aldehydes is 1. The fourth-order valence-electron chi connectivity index (χ4n) is 1.84. The van der Waals surface area contributed by atoms with E-state index in [-0.39, 0.29) is 5.78 Å². The van der Waals surface area contributed by atoms with E-state index in [1.807, 2.05) is 0 Å². The number of hydrogen-bond acceptors (Lipinski definition) is 2. The van der Waals surface area contributed by atoms with Crippen LogP contribution in [0.3, 0.4) is 0 Å². The van der Waals surface area contributed by atoms with Crippen LogP contribution in [-0.4, -0.2) is 12.1 Å². The highest BCUT2D eigenvalue weighted by Crippen LogP contribution is 2.11. The normalized spacial score (nSPS) is 10.3. The summed E-state index contributed by atoms with van der Waals surface area (Å²) in [6, 6.07) is 0. The van der Waals surface area contributed by atoms with Crippen LogP contribution in [0.1, 0.15) is 71.1 Å². The smallest absolute Gasteiger partial charge is 0.161 e. The van der Waals surface area contributed by atoms with E-state index in [9.17, 15) is 9.59 Å². The Labute approximate surface area is 112 Å². The van der Waals surface area contributed by atoms with Gasteiger partial charge in [-0.2, -0.15) is 0 Å². The van der Waals surface area contributed by atoms with E-state index >= 15 is 0 Å². The monoisotopic (exact) mass is 251 g/mol. The molecule has 0 saturated heterocycles. The molecule has 0 fully saturated rings. The van der Waals surface area contributed by atoms with Gasteiger partial charge in [-0.3, -0.25) is 4.79 Å². The molecule has 18 heavy (non-hydrogen) atoms. The first kappa shape index (κ1) is 17.1. The van der Waals surface area contributed by atoms with Crippen LogP contribution in [0.4, 0.5) is 0 Å². The topological polar surface area (TPSA) is 34.1 Å². The van der Waals surface area contributed by atoms with Crippen LogP contribution < -0.4 is 0 Å². The Morgan fingerprint density at radius 1 is 0.889 bits per heavy atom. The molecule has 0 aliphatic carbocycles. The van der Waals surface area contributed by atoms with E-state index in [0.29, 0.717) is 12.0 Å². The maximum Gasteiger partial charge on any atom is 0.161 e. The molecular weight excluding hydrogens is 224 g/mol. The van der Waals surface area contributed by atoms with Crippen molar-refractivity contribution < 1.29 is 9.59 Å². The van der Waals surface area contributed by atoms with Crippen LogP contribution in [0, 0.1) is 6.42 Å². The SMILES string of the molecule is C=C(C)C(=O)[CH]CCCCCCCCCCC=O. The van der Waals surface area contributed by atoms with Crippen molar-refractivity contribution in [2.45, 2.75) is 71.1 Å². The van der Waals surface area contributed by atoms with Crippen LogP contribution in [0.25, 0.3) is 0 Å². The van der Waals surface area contributed by atoms with Crippen LogP contribution in [0.5, 0.6) is 0 Å². The van der Waals surface area contributed by atoms with Gasteiger partial charge in [-0.25, -0.2) is 0 Å². The van der Waals surface area contributed by atoms with Crippen LogP contribution >= 0.6 is 0 Å². The zero-order valence-electron chi connectivity index (χ0n) is 11.7. The van der Waals surface area contributed by atoms with Crippen LogP contribution in [0.2, 0.25) is 0 Å². The third kappa shape index (κ3) is 11.6. The predicted octanol–water partition coefficient (Wildman–Crippen LogP) is 4.44. The van der Waals surface area contributed by atoms with E-state index in [2.05, 4.69) is 6.58 Å². The van der Waals surface area contributed by atoms with Crippen molar-refractivity contribution in [2.24, 2.45) is 0 Å². The Morgan fingerprint density at radius 2 is 1.33 bits per heavy atom. The minimum atomic E-state index is 0.0881. The minimum Gasteiger partial charge on any atom is -0.303 e. The third-order valence-electron chi connectivity index (χ3n) is 3.03. The number of Topliss-reactive ketones (excluding diaryl/α,β-unsaturated/α-hetero) is 1. The molecule has 0 aliphatic rings. The molecule has 0 rings (SSSR count). The van der Waals surface area contributed by atoms with Gasteiger partial charge in [0.15, 0.2) is 5.78 Å². The Balaban J connectivity index is 3.10. The van der Waals surface area contributed by atoms with Gasteiger partial charge in [0.05, 0.1) is 0 Å². The highest BCUT2D eigenvalue weighted by molar-refractivity contribution is 6.00. The van der Waals surface area contributed by atoms with Crippen molar-refractivity contribution in [1.82, 2.24) is 0 Å². The van der Waals surface area contributed by atoms with Gasteiger partial charge in [0.1, 0.15) is 6.29 Å². The number of rotatable bonds is 13. The lowest BCUT2D eigenvalue weighted by molar-refractivity contribution is -0.112. The summed E-state index contributed by atoms with van der Waals surface area (Å²) < 4.78 is 0. The van der Waals surface area contributed by atoms with E-state index < -0.39 is 0 Å². The molecule has 0 spiro atoms. The molecule has 0 bridgehead atoms. The van der Waals surface area contributed by atoms with Gasteiger partial charge in [0, 0.05) is 12.8 Å². The molecule has 0 heterocycles. The van der Waals surface area contributed by atoms with Gasteiger partial charge in [0.2, 0.25) is 0 Å². The molecule has 2 heteroatoms. The summed E-state index contributed by atoms with van der Waals surface area (Å²) in [7, 11) is 0. The highest BCUT2D eigenvalue weighted by Gasteiger charge is 2.01. The van der Waals surface area contributed by atoms with Crippen molar-refractivity contribution in [3.8, 4) is 0 Å². The molecular formula is C16H27O2. The van der Waals surface area contributed by atoms with Crippen molar-refractivity contribution >= 4 is 12.1 Å². The Bertz CT molecular complexity index is 243. The first-order chi connectivity index (χ1) is 8.68. The van der Waals surface area contributed by atoms with Gasteiger partial charge < -0.3 is 4.79 Å². The standard InChI is InChI=1S/C16H27O2/c1-15(2)16(18)13-11-9-7-5-3-4-6-8-10-12-14-17/h13-14H,1,3-12H2,2H3. The number of carbonyl (C=O) groups excluding carboxylic acids is 2. The van der Waals surface area contributed by atoms with Gasteiger partial charge >= 0.3 is 0 Å². The molecule has 0 unspecified atom stereocenters. The average molecular weight is 251 g/mol. The largest absolute Gasteiger partial charge is 0.303 e. The Morgan fingerprint density at radius 3 is 1.78 bits per heavy atom. The predicted molar refractivity (Wildman–Crippen MR) is 76.4 cm³/mol. The first-order valence-electron chi connectivity index (χ1n) is 7.15. The summed E-state index contributed by atoms with van der Waals surface area (Å²) in [4.78, 5) is 21.3. The summed E-state index contributed by atoms with van der Waals surface area (Å²) in [5, 5.41) is 0. The molecule has 103 valence electrons. The quantitative estimate of drug-likeness (QED) is 0.275. The fraction of sp³-hybridized carbons (Fsp3) is 0.688. The maximum absolute atomic E-state index is 11.2. The molecule has 0 atom stereocenters. The minimum absolute atomic E-state index is 0.0881. The second-order valence-electron chi connectivity index (χ2n) is 4.92. The van der Waals surface area contributed by atoms with Crippen LogP contribution in [-0.2, 0) is 9.59 Å². The second-order valence-corrected chi connectivity index (χ2v) is 4.92. The van der Waals surface area contributed by atoms with E-state index in [0.717, 1.165) is 25.5 Å². The highest BCUT2D eigenvalue weighted by atomic mass is 16.1. The molecule has 0 amide bonds. The average Bonchev–Trinajstić information content (AvgIpc) is 2.35. The van der Waals surface area contributed by atoms with Crippen molar-refractivity contribution in [1.29, 1.82) is 0 Å². The van der Waals surface area contributed by atoms with Gasteiger partial charge in [-0.15, -0.1) is 0 Å². The van der Waals surface area contributed by atoms with Gasteiger partial charge in [-0.05, 0) is 25.3 Å². The van der Waals surface area contributed by atoms with Crippen LogP contribution in [0.15, 0.2) is 12.2 Å². The maximum atomic E-state index is 11.2. The Kier molecular flexibility index (Phi) is 11.9. The zero-order valence-corrected chi connectivity index (χ0v) is 11.7. The molecule has 0 aromatic carbocycles. The zero-order chi connectivity index (χ0) is 13.6.